The van der Waals surface area contributed by atoms with Crippen molar-refractivity contribution in [1.29, 1.82) is 0 Å². The molecular weight excluding hydrogens is 333 g/mol. The SMILES string of the molecule is O=C(Nc1ccc(S(F)(F)(F)(F)F)cc1)c1c[nH]c(=O)cn1. The van der Waals surface area contributed by atoms with Crippen LogP contribution in [0.2, 0.25) is 0 Å². The maximum Gasteiger partial charge on any atom is 0.310 e. The maximum atomic E-state index is 12.5. The number of carbonyl (C=O) groups is 1. The summed E-state index contributed by atoms with van der Waals surface area (Å²) in [4.78, 5) is 26.1. The Morgan fingerprint density at radius 2 is 1.68 bits per heavy atom. The van der Waals surface area contributed by atoms with Gasteiger partial charge in [-0.1, -0.05) is 19.4 Å². The summed E-state index contributed by atoms with van der Waals surface area (Å²) < 4.78 is 62.6. The highest BCUT2D eigenvalue weighted by molar-refractivity contribution is 8.45. The zero-order valence-corrected chi connectivity index (χ0v) is 11.3. The molecule has 22 heavy (non-hydrogen) atoms. The number of benzene rings is 1. The number of hydrogen-bond donors (Lipinski definition) is 2. The molecule has 2 aromatic rings. The second-order valence-electron chi connectivity index (χ2n) is 4.24. The summed E-state index contributed by atoms with van der Waals surface area (Å²) in [5.41, 5.74) is -0.878. The molecule has 0 saturated heterocycles. The minimum absolute atomic E-state index is 0.136. The fourth-order valence-electron chi connectivity index (χ4n) is 1.46. The largest absolute Gasteiger partial charge is 0.325 e. The van der Waals surface area contributed by atoms with Gasteiger partial charge in [-0.2, -0.15) is 0 Å². The molecule has 120 valence electrons. The van der Waals surface area contributed by atoms with Gasteiger partial charge in [0.2, 0.25) is 0 Å². The molecule has 0 fully saturated rings. The van der Waals surface area contributed by atoms with Gasteiger partial charge in [0.25, 0.3) is 11.5 Å². The van der Waals surface area contributed by atoms with E-state index in [1.165, 1.54) is 0 Å². The van der Waals surface area contributed by atoms with E-state index < -0.39 is 26.6 Å². The molecule has 2 rings (SSSR count). The molecule has 0 atom stereocenters. The monoisotopic (exact) mass is 341 g/mol. The van der Waals surface area contributed by atoms with Crippen LogP contribution in [0.3, 0.4) is 0 Å². The second-order valence-corrected chi connectivity index (χ2v) is 6.65. The van der Waals surface area contributed by atoms with E-state index in [0.717, 1.165) is 12.4 Å². The van der Waals surface area contributed by atoms with Crippen LogP contribution in [0.4, 0.5) is 25.1 Å². The zero-order chi connectivity index (χ0) is 16.7. The van der Waals surface area contributed by atoms with E-state index in [-0.39, 0.29) is 23.5 Å². The standard InChI is InChI=1S/C11H8F5N3O2S/c12-22(13,14,15,16)8-3-1-7(2-4-8)19-11(21)9-5-18-10(20)6-17-9/h1-6H,(H,18,20)(H,19,21). The van der Waals surface area contributed by atoms with Gasteiger partial charge >= 0.3 is 10.2 Å². The Labute approximate surface area is 119 Å². The van der Waals surface area contributed by atoms with Gasteiger partial charge in [0, 0.05) is 11.9 Å². The quantitative estimate of drug-likeness (QED) is 0.836. The normalized spacial score (nSPS) is 14.8. The highest BCUT2D eigenvalue weighted by Crippen LogP contribution is 3.02. The number of anilines is 1. The van der Waals surface area contributed by atoms with Crippen LogP contribution in [0.25, 0.3) is 0 Å². The number of rotatable bonds is 3. The number of nitrogens with one attached hydrogen (secondary N) is 2. The van der Waals surface area contributed by atoms with E-state index in [9.17, 15) is 29.0 Å². The van der Waals surface area contributed by atoms with Crippen molar-refractivity contribution >= 4 is 21.8 Å². The van der Waals surface area contributed by atoms with Crippen molar-refractivity contribution in [2.75, 3.05) is 5.32 Å². The topological polar surface area (TPSA) is 74.8 Å². The molecule has 1 aromatic carbocycles. The summed E-state index contributed by atoms with van der Waals surface area (Å²) >= 11 is 0. The maximum absolute atomic E-state index is 12.5. The molecule has 1 amide bonds. The molecule has 5 nitrogen and oxygen atoms in total. The van der Waals surface area contributed by atoms with Crippen molar-refractivity contribution in [3.05, 3.63) is 52.7 Å². The smallest absolute Gasteiger partial charge is 0.310 e. The Morgan fingerprint density at radius 1 is 1.09 bits per heavy atom. The van der Waals surface area contributed by atoms with E-state index in [2.05, 4.69) is 15.3 Å². The molecule has 0 saturated carbocycles. The number of nitrogens with zero attached hydrogens (tertiary/aromatic N) is 1. The lowest BCUT2D eigenvalue weighted by molar-refractivity contribution is 0.102. The summed E-state index contributed by atoms with van der Waals surface area (Å²) in [6.45, 7) is 0. The van der Waals surface area contributed by atoms with E-state index in [1.807, 2.05) is 0 Å². The summed E-state index contributed by atoms with van der Waals surface area (Å²) in [5, 5.41) is 2.16. The van der Waals surface area contributed by atoms with Crippen LogP contribution >= 0.6 is 10.2 Å². The van der Waals surface area contributed by atoms with Gasteiger partial charge in [-0.05, 0) is 24.3 Å². The summed E-state index contributed by atoms with van der Waals surface area (Å²) in [7, 11) is -9.74. The Hall–Kier alpha value is -2.43. The van der Waals surface area contributed by atoms with Gasteiger partial charge in [-0.3, -0.25) is 9.59 Å². The van der Waals surface area contributed by atoms with Gasteiger partial charge in [-0.15, -0.1) is 0 Å². The highest BCUT2D eigenvalue weighted by Gasteiger charge is 2.65. The minimum Gasteiger partial charge on any atom is -0.325 e. The fourth-order valence-corrected chi connectivity index (χ4v) is 2.11. The number of carbonyl (C=O) groups excluding carboxylic acids is 1. The highest BCUT2D eigenvalue weighted by atomic mass is 32.5. The first-order valence-electron chi connectivity index (χ1n) is 5.55. The molecule has 0 spiro atoms. The number of aromatic nitrogens is 2. The van der Waals surface area contributed by atoms with Crippen LogP contribution in [-0.4, -0.2) is 15.9 Å². The third-order valence-corrected chi connectivity index (χ3v) is 3.63. The minimum atomic E-state index is -9.74. The summed E-state index contributed by atoms with van der Waals surface area (Å²) in [6.07, 6.45) is 1.84. The molecule has 2 N–H and O–H groups in total. The molecule has 0 bridgehead atoms. The first-order chi connectivity index (χ1) is 9.85. The number of H-pyrrole nitrogens is 1. The lowest BCUT2D eigenvalue weighted by atomic mass is 10.3. The van der Waals surface area contributed by atoms with Crippen molar-refractivity contribution < 1.29 is 24.2 Å². The average molecular weight is 341 g/mol. The van der Waals surface area contributed by atoms with Crippen molar-refractivity contribution in [2.24, 2.45) is 0 Å². The number of hydrogen-bond acceptors (Lipinski definition) is 3. The molecule has 0 aliphatic heterocycles. The van der Waals surface area contributed by atoms with Crippen molar-refractivity contribution in [2.45, 2.75) is 4.90 Å². The Bertz CT molecular complexity index is 766. The van der Waals surface area contributed by atoms with Crippen molar-refractivity contribution in [3.8, 4) is 0 Å². The molecule has 0 radical (unpaired) electrons. The predicted molar refractivity (Wildman–Crippen MR) is 70.6 cm³/mol. The number of amides is 1. The Balaban J connectivity index is 2.21. The molecule has 1 heterocycles. The molecular formula is C11H8F5N3O2S. The number of aromatic amines is 1. The van der Waals surface area contributed by atoms with Crippen LogP contribution in [-0.2, 0) is 0 Å². The molecule has 1 aromatic heterocycles. The first-order valence-corrected chi connectivity index (χ1v) is 7.50. The van der Waals surface area contributed by atoms with Gasteiger partial charge < -0.3 is 10.3 Å². The van der Waals surface area contributed by atoms with E-state index in [4.69, 9.17) is 0 Å². The first kappa shape index (κ1) is 15.9. The van der Waals surface area contributed by atoms with E-state index in [0.29, 0.717) is 12.1 Å². The lowest BCUT2D eigenvalue weighted by Crippen LogP contribution is -2.17. The summed E-state index contributed by atoms with van der Waals surface area (Å²) in [6, 6.07) is 1.74. The van der Waals surface area contributed by atoms with Crippen LogP contribution in [0.5, 0.6) is 0 Å². The predicted octanol–water partition coefficient (Wildman–Crippen LogP) is 3.68. The van der Waals surface area contributed by atoms with Gasteiger partial charge in [0.05, 0.1) is 6.20 Å². The van der Waals surface area contributed by atoms with Crippen LogP contribution in [0.1, 0.15) is 10.5 Å². The van der Waals surface area contributed by atoms with Crippen LogP contribution in [0.15, 0.2) is 46.3 Å². The van der Waals surface area contributed by atoms with E-state index in [1.54, 1.807) is 0 Å². The molecule has 0 aliphatic rings. The van der Waals surface area contributed by atoms with Crippen molar-refractivity contribution in [3.63, 3.8) is 0 Å². The second kappa shape index (κ2) is 4.29. The third kappa shape index (κ3) is 3.81. The zero-order valence-electron chi connectivity index (χ0n) is 10.5. The van der Waals surface area contributed by atoms with Gasteiger partial charge in [0.1, 0.15) is 10.6 Å². The Kier molecular flexibility index (Phi) is 3.11. The van der Waals surface area contributed by atoms with E-state index >= 15 is 0 Å². The summed E-state index contributed by atoms with van der Waals surface area (Å²) in [5.74, 6) is -0.823. The lowest BCUT2D eigenvalue weighted by Gasteiger charge is -2.40. The fraction of sp³-hybridized carbons (Fsp3) is 0. The third-order valence-electron chi connectivity index (χ3n) is 2.46. The molecule has 0 aliphatic carbocycles. The van der Waals surface area contributed by atoms with Gasteiger partial charge in [0.15, 0.2) is 0 Å². The Morgan fingerprint density at radius 3 is 2.14 bits per heavy atom. The van der Waals surface area contributed by atoms with Crippen molar-refractivity contribution in [1.82, 2.24) is 9.97 Å². The number of halogens is 5. The molecule has 11 heteroatoms. The van der Waals surface area contributed by atoms with Crippen LogP contribution < -0.4 is 10.9 Å². The van der Waals surface area contributed by atoms with Crippen LogP contribution in [0, 0.1) is 0 Å². The average Bonchev–Trinajstić information content (AvgIpc) is 2.37. The molecule has 0 unspecified atom stereocenters. The van der Waals surface area contributed by atoms with Gasteiger partial charge in [-0.25, -0.2) is 4.98 Å².